The number of nitrogens with one attached hydrogen (secondary N) is 1. The van der Waals surface area contributed by atoms with Crippen LogP contribution in [0.2, 0.25) is 0 Å². The minimum atomic E-state index is -4.39. The standard InChI is InChI=1S/C17H18F3NO/c18-17(19,20)11-6-5-7-12(10-11)21-16(22)15-13-8-3-1-2-4-9-14(13)15/h1-2,5-7,10,13-15H,3-4,8-9H2,(H,21,22)/b2-1-/t13-,14+,15?. The number of anilines is 1. The monoisotopic (exact) mass is 309 g/mol. The molecule has 1 aromatic carbocycles. The molecule has 1 N–H and O–H groups in total. The second-order valence-electron chi connectivity index (χ2n) is 6.05. The number of allylic oxidation sites excluding steroid dienone is 2. The van der Waals surface area contributed by atoms with Crippen molar-refractivity contribution in [3.63, 3.8) is 0 Å². The van der Waals surface area contributed by atoms with Crippen molar-refractivity contribution >= 4 is 11.6 Å². The summed E-state index contributed by atoms with van der Waals surface area (Å²) in [5.41, 5.74) is -0.520. The minimum absolute atomic E-state index is 0.0468. The summed E-state index contributed by atoms with van der Waals surface area (Å²) in [5.74, 6) is 0.581. The molecule has 2 nitrogen and oxygen atoms in total. The molecule has 22 heavy (non-hydrogen) atoms. The number of rotatable bonds is 2. The van der Waals surface area contributed by atoms with E-state index in [-0.39, 0.29) is 17.5 Å². The molecule has 1 saturated carbocycles. The lowest BCUT2D eigenvalue weighted by Gasteiger charge is -2.10. The van der Waals surface area contributed by atoms with Gasteiger partial charge in [0.05, 0.1) is 5.56 Å². The van der Waals surface area contributed by atoms with Gasteiger partial charge in [-0.05, 0) is 55.7 Å². The van der Waals surface area contributed by atoms with E-state index in [1.165, 1.54) is 12.1 Å². The summed E-state index contributed by atoms with van der Waals surface area (Å²) < 4.78 is 38.1. The molecule has 0 aliphatic heterocycles. The molecule has 118 valence electrons. The van der Waals surface area contributed by atoms with E-state index in [1.807, 2.05) is 0 Å². The summed E-state index contributed by atoms with van der Waals surface area (Å²) in [7, 11) is 0. The molecule has 0 spiro atoms. The molecule has 3 atom stereocenters. The summed E-state index contributed by atoms with van der Waals surface area (Å²) in [6.45, 7) is 0. The molecule has 1 aromatic rings. The first-order valence-corrected chi connectivity index (χ1v) is 7.60. The Hall–Kier alpha value is -1.78. The molecule has 0 bridgehead atoms. The number of hydrogen-bond acceptors (Lipinski definition) is 1. The van der Waals surface area contributed by atoms with Gasteiger partial charge in [-0.25, -0.2) is 0 Å². The predicted octanol–water partition coefficient (Wildman–Crippen LogP) is 4.64. The van der Waals surface area contributed by atoms with E-state index in [9.17, 15) is 18.0 Å². The fourth-order valence-corrected chi connectivity index (χ4v) is 3.43. The lowest BCUT2D eigenvalue weighted by molar-refractivity contribution is -0.137. The van der Waals surface area contributed by atoms with E-state index >= 15 is 0 Å². The number of benzene rings is 1. The number of carbonyl (C=O) groups excluding carboxylic acids is 1. The Kier molecular flexibility index (Phi) is 3.98. The van der Waals surface area contributed by atoms with Crippen molar-refractivity contribution in [2.75, 3.05) is 5.32 Å². The number of halogens is 3. The van der Waals surface area contributed by atoms with Crippen LogP contribution in [0.1, 0.15) is 31.2 Å². The second-order valence-corrected chi connectivity index (χ2v) is 6.05. The zero-order valence-corrected chi connectivity index (χ0v) is 12.1. The van der Waals surface area contributed by atoms with Gasteiger partial charge in [0.1, 0.15) is 0 Å². The molecular weight excluding hydrogens is 291 g/mol. The second kappa shape index (κ2) is 5.78. The van der Waals surface area contributed by atoms with Crippen LogP contribution in [0.3, 0.4) is 0 Å². The summed E-state index contributed by atoms with van der Waals surface area (Å²) in [4.78, 5) is 12.3. The van der Waals surface area contributed by atoms with Crippen LogP contribution in [0.5, 0.6) is 0 Å². The molecular formula is C17H18F3NO. The maximum absolute atomic E-state index is 12.7. The van der Waals surface area contributed by atoms with Crippen molar-refractivity contribution in [3.05, 3.63) is 42.0 Å². The SMILES string of the molecule is O=C(Nc1cccc(C(F)(F)F)c1)C1[C@H]2CC/C=C\CC[C@@H]12. The highest BCUT2D eigenvalue weighted by Crippen LogP contribution is 2.53. The van der Waals surface area contributed by atoms with E-state index in [1.54, 1.807) is 0 Å². The molecule has 2 aliphatic rings. The van der Waals surface area contributed by atoms with Crippen LogP contribution in [-0.4, -0.2) is 5.91 Å². The molecule has 0 saturated heterocycles. The van der Waals surface area contributed by atoms with Crippen molar-refractivity contribution in [2.24, 2.45) is 17.8 Å². The molecule has 0 aromatic heterocycles. The normalized spacial score (nSPS) is 29.0. The number of fused-ring (bicyclic) bond motifs is 1. The van der Waals surface area contributed by atoms with E-state index in [0.29, 0.717) is 11.8 Å². The third-order valence-electron chi connectivity index (χ3n) is 4.59. The molecule has 1 unspecified atom stereocenters. The molecule has 1 amide bonds. The first-order chi connectivity index (χ1) is 10.5. The smallest absolute Gasteiger partial charge is 0.326 e. The van der Waals surface area contributed by atoms with E-state index in [2.05, 4.69) is 17.5 Å². The van der Waals surface area contributed by atoms with Crippen molar-refractivity contribution in [3.8, 4) is 0 Å². The van der Waals surface area contributed by atoms with Crippen LogP contribution in [0.15, 0.2) is 36.4 Å². The molecule has 3 rings (SSSR count). The van der Waals surface area contributed by atoms with Crippen molar-refractivity contribution in [2.45, 2.75) is 31.9 Å². The fourth-order valence-electron chi connectivity index (χ4n) is 3.43. The van der Waals surface area contributed by atoms with Gasteiger partial charge in [-0.15, -0.1) is 0 Å². The van der Waals surface area contributed by atoms with Gasteiger partial charge in [0, 0.05) is 11.6 Å². The van der Waals surface area contributed by atoms with E-state index in [0.717, 1.165) is 37.8 Å². The van der Waals surface area contributed by atoms with Gasteiger partial charge in [0.25, 0.3) is 0 Å². The molecule has 2 aliphatic carbocycles. The molecule has 0 radical (unpaired) electrons. The highest BCUT2D eigenvalue weighted by atomic mass is 19.4. The Morgan fingerprint density at radius 1 is 1.09 bits per heavy atom. The van der Waals surface area contributed by atoms with Gasteiger partial charge >= 0.3 is 6.18 Å². The highest BCUT2D eigenvalue weighted by Gasteiger charge is 2.53. The summed E-state index contributed by atoms with van der Waals surface area (Å²) in [5, 5.41) is 2.65. The third-order valence-corrected chi connectivity index (χ3v) is 4.59. The van der Waals surface area contributed by atoms with Crippen LogP contribution >= 0.6 is 0 Å². The van der Waals surface area contributed by atoms with Gasteiger partial charge in [0.15, 0.2) is 0 Å². The Bertz CT molecular complexity index is 578. The third kappa shape index (κ3) is 3.18. The van der Waals surface area contributed by atoms with Crippen molar-refractivity contribution in [1.82, 2.24) is 0 Å². The highest BCUT2D eigenvalue weighted by molar-refractivity contribution is 5.95. The first-order valence-electron chi connectivity index (χ1n) is 7.60. The van der Waals surface area contributed by atoms with E-state index in [4.69, 9.17) is 0 Å². The Morgan fingerprint density at radius 3 is 2.32 bits per heavy atom. The quantitative estimate of drug-likeness (QED) is 0.793. The summed E-state index contributed by atoms with van der Waals surface area (Å²) in [6, 6.07) is 4.81. The minimum Gasteiger partial charge on any atom is -0.326 e. The zero-order chi connectivity index (χ0) is 15.7. The topological polar surface area (TPSA) is 29.1 Å². The van der Waals surface area contributed by atoms with Gasteiger partial charge < -0.3 is 5.32 Å². The van der Waals surface area contributed by atoms with Crippen LogP contribution in [-0.2, 0) is 11.0 Å². The fraction of sp³-hybridized carbons (Fsp3) is 0.471. The van der Waals surface area contributed by atoms with Crippen molar-refractivity contribution in [1.29, 1.82) is 0 Å². The average Bonchev–Trinajstić information content (AvgIpc) is 3.09. The Balaban J connectivity index is 1.66. The molecule has 0 heterocycles. The average molecular weight is 309 g/mol. The zero-order valence-electron chi connectivity index (χ0n) is 12.1. The van der Waals surface area contributed by atoms with Crippen LogP contribution < -0.4 is 5.32 Å². The largest absolute Gasteiger partial charge is 0.416 e. The van der Waals surface area contributed by atoms with Gasteiger partial charge in [-0.1, -0.05) is 18.2 Å². The number of alkyl halides is 3. The van der Waals surface area contributed by atoms with Crippen LogP contribution in [0, 0.1) is 17.8 Å². The lowest BCUT2D eigenvalue weighted by atomic mass is 10.1. The van der Waals surface area contributed by atoms with Gasteiger partial charge in [-0.2, -0.15) is 13.2 Å². The van der Waals surface area contributed by atoms with Crippen LogP contribution in [0.4, 0.5) is 18.9 Å². The Labute approximate surface area is 127 Å². The number of amides is 1. The maximum Gasteiger partial charge on any atom is 0.416 e. The Morgan fingerprint density at radius 2 is 1.73 bits per heavy atom. The lowest BCUT2D eigenvalue weighted by Crippen LogP contribution is -2.16. The molecule has 5 heteroatoms. The molecule has 1 fully saturated rings. The van der Waals surface area contributed by atoms with Gasteiger partial charge in [0.2, 0.25) is 5.91 Å². The van der Waals surface area contributed by atoms with Crippen LogP contribution in [0.25, 0.3) is 0 Å². The van der Waals surface area contributed by atoms with E-state index < -0.39 is 11.7 Å². The van der Waals surface area contributed by atoms with Gasteiger partial charge in [-0.3, -0.25) is 4.79 Å². The first kappa shape index (κ1) is 15.1. The predicted molar refractivity (Wildman–Crippen MR) is 78.2 cm³/mol. The summed E-state index contributed by atoms with van der Waals surface area (Å²) in [6.07, 6.45) is 3.84. The number of carbonyl (C=O) groups is 1. The number of hydrogen-bond donors (Lipinski definition) is 1. The van der Waals surface area contributed by atoms with Crippen molar-refractivity contribution < 1.29 is 18.0 Å². The maximum atomic E-state index is 12.7. The summed E-state index contributed by atoms with van der Waals surface area (Å²) >= 11 is 0.